The van der Waals surface area contributed by atoms with E-state index in [1.807, 2.05) is 6.92 Å². The Morgan fingerprint density at radius 1 is 1.19 bits per heavy atom. The molecule has 0 fully saturated rings. The van der Waals surface area contributed by atoms with Crippen molar-refractivity contribution >= 4 is 35.0 Å². The molecule has 2 aromatic carbocycles. The first-order chi connectivity index (χ1) is 15.4. The molecular weight excluding hydrogens is 434 g/mol. The number of non-ortho nitro benzene ring substituents is 1. The first kappa shape index (κ1) is 22.9. The molecule has 0 bridgehead atoms. The summed E-state index contributed by atoms with van der Waals surface area (Å²) in [5.41, 5.74) is 1.35. The van der Waals surface area contributed by atoms with E-state index in [0.717, 1.165) is 6.42 Å². The second kappa shape index (κ2) is 10.5. The predicted molar refractivity (Wildman–Crippen MR) is 119 cm³/mol. The summed E-state index contributed by atoms with van der Waals surface area (Å²) in [7, 11) is 1.72. The zero-order valence-electron chi connectivity index (χ0n) is 17.5. The van der Waals surface area contributed by atoms with Crippen LogP contribution in [0, 0.1) is 10.1 Å². The third-order valence-corrected chi connectivity index (χ3v) is 5.32. The minimum atomic E-state index is -0.474. The molecule has 0 aliphatic carbocycles. The van der Waals surface area contributed by atoms with E-state index < -0.39 is 10.9 Å². The number of thioether (sulfide) groups is 1. The summed E-state index contributed by atoms with van der Waals surface area (Å²) >= 11 is 1.17. The Labute approximate surface area is 188 Å². The smallest absolute Gasteiger partial charge is 0.338 e. The fraction of sp³-hybridized carbons (Fsp3) is 0.238. The average molecular weight is 455 g/mol. The van der Waals surface area contributed by atoms with Gasteiger partial charge in [0.2, 0.25) is 5.91 Å². The highest BCUT2D eigenvalue weighted by Gasteiger charge is 2.16. The molecule has 1 aromatic heterocycles. The average Bonchev–Trinajstić information content (AvgIpc) is 3.16. The third-order valence-electron chi connectivity index (χ3n) is 4.30. The van der Waals surface area contributed by atoms with E-state index in [1.54, 1.807) is 48.0 Å². The molecule has 0 saturated carbocycles. The number of anilines is 1. The number of carbonyl (C=O) groups excluding carboxylic acids is 2. The minimum absolute atomic E-state index is 0.0418. The van der Waals surface area contributed by atoms with Crippen LogP contribution in [-0.2, 0) is 16.6 Å². The van der Waals surface area contributed by atoms with Crippen LogP contribution in [0.15, 0.2) is 53.7 Å². The number of nitrogens with zero attached hydrogens (tertiary/aromatic N) is 4. The number of rotatable bonds is 9. The fourth-order valence-corrected chi connectivity index (χ4v) is 3.49. The highest BCUT2D eigenvalue weighted by molar-refractivity contribution is 7.99. The molecule has 0 spiro atoms. The topological polar surface area (TPSA) is 129 Å². The van der Waals surface area contributed by atoms with Crippen molar-refractivity contribution in [2.24, 2.45) is 7.05 Å². The standard InChI is InChI=1S/C21H21N5O5S/c1-3-10-31-20(28)15-7-4-8-16(11-15)22-18(27)13-32-21-24-23-19(25(21)2)14-6-5-9-17(12-14)26(29)30/h4-9,11-12H,3,10,13H2,1-2H3,(H,22,27). The molecule has 1 amide bonds. The van der Waals surface area contributed by atoms with Crippen molar-refractivity contribution in [3.05, 3.63) is 64.2 Å². The molecule has 11 heteroatoms. The lowest BCUT2D eigenvalue weighted by Crippen LogP contribution is -2.15. The maximum atomic E-state index is 12.4. The Balaban J connectivity index is 1.62. The molecule has 0 aliphatic rings. The first-order valence-corrected chi connectivity index (χ1v) is 10.7. The number of aromatic nitrogens is 3. The SMILES string of the molecule is CCCOC(=O)c1cccc(NC(=O)CSc2nnc(-c3cccc([N+](=O)[O-])c3)n2C)c1. The first-order valence-electron chi connectivity index (χ1n) is 9.73. The van der Waals surface area contributed by atoms with Gasteiger partial charge in [-0.3, -0.25) is 14.9 Å². The van der Waals surface area contributed by atoms with Crippen LogP contribution in [0.1, 0.15) is 23.7 Å². The van der Waals surface area contributed by atoms with Gasteiger partial charge in [-0.05, 0) is 24.6 Å². The van der Waals surface area contributed by atoms with Crippen molar-refractivity contribution in [1.82, 2.24) is 14.8 Å². The van der Waals surface area contributed by atoms with Crippen LogP contribution in [-0.4, -0.2) is 43.9 Å². The monoisotopic (exact) mass is 455 g/mol. The normalized spacial score (nSPS) is 10.6. The largest absolute Gasteiger partial charge is 0.462 e. The van der Waals surface area contributed by atoms with E-state index in [-0.39, 0.29) is 17.3 Å². The van der Waals surface area contributed by atoms with Gasteiger partial charge in [-0.25, -0.2) is 4.79 Å². The number of amides is 1. The number of nitrogens with one attached hydrogen (secondary N) is 1. The molecule has 0 aliphatic heterocycles. The van der Waals surface area contributed by atoms with Crippen LogP contribution < -0.4 is 5.32 Å². The Kier molecular flexibility index (Phi) is 7.55. The lowest BCUT2D eigenvalue weighted by atomic mass is 10.2. The summed E-state index contributed by atoms with van der Waals surface area (Å²) in [4.78, 5) is 34.9. The number of nitro groups is 1. The Bertz CT molecular complexity index is 1150. The van der Waals surface area contributed by atoms with Crippen LogP contribution in [0.4, 0.5) is 11.4 Å². The molecule has 0 radical (unpaired) electrons. The van der Waals surface area contributed by atoms with Gasteiger partial charge < -0.3 is 14.6 Å². The van der Waals surface area contributed by atoms with Crippen LogP contribution in [0.3, 0.4) is 0 Å². The van der Waals surface area contributed by atoms with Crippen LogP contribution in [0.5, 0.6) is 0 Å². The van der Waals surface area contributed by atoms with Crippen molar-refractivity contribution in [3.63, 3.8) is 0 Å². The lowest BCUT2D eigenvalue weighted by molar-refractivity contribution is -0.384. The molecule has 1 heterocycles. The van der Waals surface area contributed by atoms with E-state index >= 15 is 0 Å². The van der Waals surface area contributed by atoms with E-state index in [4.69, 9.17) is 4.74 Å². The second-order valence-corrected chi connectivity index (χ2v) is 7.67. The van der Waals surface area contributed by atoms with Gasteiger partial charge in [0.1, 0.15) is 0 Å². The lowest BCUT2D eigenvalue weighted by Gasteiger charge is -2.08. The summed E-state index contributed by atoms with van der Waals surface area (Å²) in [6.45, 7) is 2.24. The number of benzene rings is 2. The number of hydrogen-bond acceptors (Lipinski definition) is 8. The van der Waals surface area contributed by atoms with E-state index in [1.165, 1.54) is 23.9 Å². The Morgan fingerprint density at radius 3 is 2.72 bits per heavy atom. The summed E-state index contributed by atoms with van der Waals surface area (Å²) < 4.78 is 6.77. The summed E-state index contributed by atoms with van der Waals surface area (Å²) in [6, 6.07) is 12.6. The molecule has 32 heavy (non-hydrogen) atoms. The highest BCUT2D eigenvalue weighted by atomic mass is 32.2. The molecule has 0 saturated heterocycles. The van der Waals surface area contributed by atoms with Gasteiger partial charge in [0.25, 0.3) is 5.69 Å². The number of hydrogen-bond donors (Lipinski definition) is 1. The van der Waals surface area contributed by atoms with Gasteiger partial charge in [0.05, 0.1) is 22.8 Å². The van der Waals surface area contributed by atoms with E-state index in [9.17, 15) is 19.7 Å². The number of nitro benzene ring substituents is 1. The highest BCUT2D eigenvalue weighted by Crippen LogP contribution is 2.25. The third kappa shape index (κ3) is 5.70. The molecular formula is C21H21N5O5S. The molecule has 1 N–H and O–H groups in total. The van der Waals surface area contributed by atoms with Gasteiger partial charge in [-0.1, -0.05) is 36.9 Å². The maximum Gasteiger partial charge on any atom is 0.338 e. The van der Waals surface area contributed by atoms with Crippen molar-refractivity contribution < 1.29 is 19.2 Å². The molecule has 0 atom stereocenters. The molecule has 3 aromatic rings. The summed E-state index contributed by atoms with van der Waals surface area (Å²) in [6.07, 6.45) is 0.727. The molecule has 166 valence electrons. The van der Waals surface area contributed by atoms with Crippen molar-refractivity contribution in [3.8, 4) is 11.4 Å². The molecule has 3 rings (SSSR count). The zero-order chi connectivity index (χ0) is 23.1. The van der Waals surface area contributed by atoms with Crippen LogP contribution in [0.25, 0.3) is 11.4 Å². The molecule has 10 nitrogen and oxygen atoms in total. The van der Waals surface area contributed by atoms with Gasteiger partial charge >= 0.3 is 5.97 Å². The number of carbonyl (C=O) groups is 2. The number of esters is 1. The zero-order valence-corrected chi connectivity index (χ0v) is 18.3. The van der Waals surface area contributed by atoms with Crippen molar-refractivity contribution in [2.45, 2.75) is 18.5 Å². The minimum Gasteiger partial charge on any atom is -0.462 e. The second-order valence-electron chi connectivity index (χ2n) is 6.73. The van der Waals surface area contributed by atoms with Gasteiger partial charge in [-0.2, -0.15) is 0 Å². The van der Waals surface area contributed by atoms with E-state index in [0.29, 0.717) is 34.4 Å². The fourth-order valence-electron chi connectivity index (χ4n) is 2.78. The van der Waals surface area contributed by atoms with Crippen molar-refractivity contribution in [2.75, 3.05) is 17.7 Å². The predicted octanol–water partition coefficient (Wildman–Crippen LogP) is 3.69. The van der Waals surface area contributed by atoms with Crippen LogP contribution in [0.2, 0.25) is 0 Å². The van der Waals surface area contributed by atoms with Crippen molar-refractivity contribution in [1.29, 1.82) is 0 Å². The quantitative estimate of drug-likeness (QED) is 0.224. The summed E-state index contributed by atoms with van der Waals surface area (Å²) in [5.74, 6) is -0.209. The molecule has 0 unspecified atom stereocenters. The summed E-state index contributed by atoms with van der Waals surface area (Å²) in [5, 5.41) is 22.4. The number of ether oxygens (including phenoxy) is 1. The van der Waals surface area contributed by atoms with Gasteiger partial charge in [0, 0.05) is 30.4 Å². The van der Waals surface area contributed by atoms with E-state index in [2.05, 4.69) is 15.5 Å². The van der Waals surface area contributed by atoms with Gasteiger partial charge in [0.15, 0.2) is 11.0 Å². The van der Waals surface area contributed by atoms with Crippen LogP contribution >= 0.6 is 11.8 Å². The maximum absolute atomic E-state index is 12.4. The Hall–Kier alpha value is -3.73. The Morgan fingerprint density at radius 2 is 1.97 bits per heavy atom. The van der Waals surface area contributed by atoms with Gasteiger partial charge in [-0.15, -0.1) is 10.2 Å².